The molecule has 3 amide bonds. The molecule has 0 heterocycles. The molecule has 0 radical (unpaired) electrons. The van der Waals surface area contributed by atoms with Crippen molar-refractivity contribution in [3.8, 4) is 0 Å². The molecule has 3 aromatic carbocycles. The number of hydrogen-bond donors (Lipinski definition) is 3. The third-order valence-corrected chi connectivity index (χ3v) is 4.11. The quantitative estimate of drug-likeness (QED) is 0.611. The molecule has 0 unspecified atom stereocenters. The lowest BCUT2D eigenvalue weighted by atomic mass is 9.99. The number of carbonyl (C=O) groups is 2. The van der Waals surface area contributed by atoms with Gasteiger partial charge < -0.3 is 5.32 Å². The van der Waals surface area contributed by atoms with Crippen molar-refractivity contribution in [3.05, 3.63) is 102 Å². The zero-order chi connectivity index (χ0) is 19.8. The maximum atomic E-state index is 13.6. The van der Waals surface area contributed by atoms with Crippen LogP contribution >= 0.6 is 0 Å². The van der Waals surface area contributed by atoms with Gasteiger partial charge in [-0.25, -0.2) is 9.18 Å². The van der Waals surface area contributed by atoms with E-state index in [0.717, 1.165) is 11.1 Å². The van der Waals surface area contributed by atoms with Crippen LogP contribution in [-0.4, -0.2) is 18.5 Å². The molecule has 0 aliphatic heterocycles. The van der Waals surface area contributed by atoms with Crippen molar-refractivity contribution in [3.63, 3.8) is 0 Å². The summed E-state index contributed by atoms with van der Waals surface area (Å²) < 4.78 is 13.6. The fourth-order valence-corrected chi connectivity index (χ4v) is 2.80. The summed E-state index contributed by atoms with van der Waals surface area (Å²) in [7, 11) is 0. The summed E-state index contributed by atoms with van der Waals surface area (Å²) >= 11 is 0. The predicted molar refractivity (Wildman–Crippen MR) is 106 cm³/mol. The molecule has 0 saturated carbocycles. The van der Waals surface area contributed by atoms with Gasteiger partial charge >= 0.3 is 6.03 Å². The lowest BCUT2D eigenvalue weighted by Crippen LogP contribution is -2.41. The number of para-hydroxylation sites is 1. The van der Waals surface area contributed by atoms with Gasteiger partial charge in [0.05, 0.1) is 18.3 Å². The van der Waals surface area contributed by atoms with Crippen LogP contribution in [0.15, 0.2) is 84.9 Å². The first-order chi connectivity index (χ1) is 13.6. The molecule has 0 saturated heterocycles. The Kier molecular flexibility index (Phi) is 6.49. The van der Waals surface area contributed by atoms with Crippen LogP contribution in [0.3, 0.4) is 0 Å². The van der Waals surface area contributed by atoms with Gasteiger partial charge in [0, 0.05) is 0 Å². The van der Waals surface area contributed by atoms with Gasteiger partial charge in [-0.05, 0) is 23.3 Å². The van der Waals surface area contributed by atoms with Crippen LogP contribution < -0.4 is 16.0 Å². The van der Waals surface area contributed by atoms with Crippen LogP contribution in [0.25, 0.3) is 0 Å². The van der Waals surface area contributed by atoms with Gasteiger partial charge in [0.1, 0.15) is 5.82 Å². The molecule has 6 heteroatoms. The number of nitrogens with one attached hydrogen (secondary N) is 3. The molecule has 0 fully saturated rings. The normalized spacial score (nSPS) is 10.5. The lowest BCUT2D eigenvalue weighted by molar-refractivity contribution is -0.119. The Morgan fingerprint density at radius 2 is 1.32 bits per heavy atom. The topological polar surface area (TPSA) is 70.2 Å². The highest BCUT2D eigenvalue weighted by Crippen LogP contribution is 2.21. The average molecular weight is 377 g/mol. The Morgan fingerprint density at radius 3 is 1.89 bits per heavy atom. The van der Waals surface area contributed by atoms with E-state index in [1.165, 1.54) is 18.2 Å². The van der Waals surface area contributed by atoms with E-state index in [-0.39, 0.29) is 18.3 Å². The summed E-state index contributed by atoms with van der Waals surface area (Å²) in [5.74, 6) is -1.10. The number of benzene rings is 3. The first-order valence-electron chi connectivity index (χ1n) is 8.82. The van der Waals surface area contributed by atoms with Gasteiger partial charge in [0.25, 0.3) is 0 Å². The van der Waals surface area contributed by atoms with Gasteiger partial charge in [0.15, 0.2) is 0 Å². The summed E-state index contributed by atoms with van der Waals surface area (Å²) in [5, 5.41) is 7.68. The number of amides is 3. The first kappa shape index (κ1) is 19.3. The second kappa shape index (κ2) is 9.43. The van der Waals surface area contributed by atoms with Gasteiger partial charge in [0.2, 0.25) is 5.91 Å². The van der Waals surface area contributed by atoms with Gasteiger partial charge in [-0.3, -0.25) is 15.4 Å². The number of urea groups is 1. The third kappa shape index (κ3) is 5.25. The molecule has 142 valence electrons. The maximum absolute atomic E-state index is 13.6. The zero-order valence-corrected chi connectivity index (χ0v) is 15.1. The molecule has 0 aliphatic rings. The number of anilines is 1. The number of hydrogen-bond acceptors (Lipinski definition) is 3. The number of carbonyl (C=O) groups excluding carboxylic acids is 2. The smallest absolute Gasteiger partial charge is 0.305 e. The van der Waals surface area contributed by atoms with Crippen LogP contribution in [0.5, 0.6) is 0 Å². The van der Waals surface area contributed by atoms with Gasteiger partial charge in [-0.1, -0.05) is 72.8 Å². The molecule has 0 bridgehead atoms. The molecule has 28 heavy (non-hydrogen) atoms. The molecule has 3 rings (SSSR count). The molecule has 0 aliphatic carbocycles. The van der Waals surface area contributed by atoms with Crippen molar-refractivity contribution in [2.45, 2.75) is 6.04 Å². The molecular weight excluding hydrogens is 357 g/mol. The van der Waals surface area contributed by atoms with Crippen LogP contribution in [0.1, 0.15) is 17.2 Å². The minimum Gasteiger partial charge on any atom is -0.305 e. The van der Waals surface area contributed by atoms with Crippen molar-refractivity contribution in [2.75, 3.05) is 11.9 Å². The third-order valence-electron chi connectivity index (χ3n) is 4.11. The van der Waals surface area contributed by atoms with E-state index in [2.05, 4.69) is 16.0 Å². The van der Waals surface area contributed by atoms with Gasteiger partial charge in [-0.15, -0.1) is 0 Å². The first-order valence-corrected chi connectivity index (χ1v) is 8.82. The van der Waals surface area contributed by atoms with Crippen LogP contribution in [-0.2, 0) is 4.79 Å². The highest BCUT2D eigenvalue weighted by atomic mass is 19.1. The van der Waals surface area contributed by atoms with E-state index in [0.29, 0.717) is 0 Å². The predicted octanol–water partition coefficient (Wildman–Crippen LogP) is 3.85. The zero-order valence-electron chi connectivity index (χ0n) is 15.1. The molecule has 0 aromatic heterocycles. The maximum Gasteiger partial charge on any atom is 0.326 e. The SMILES string of the molecule is O=C(CNC(c1ccccc1)c1ccccc1)NC(=O)Nc1ccccc1F. The van der Waals surface area contributed by atoms with Crippen LogP contribution in [0.2, 0.25) is 0 Å². The monoisotopic (exact) mass is 377 g/mol. The molecule has 3 N–H and O–H groups in total. The Bertz CT molecular complexity index is 893. The second-order valence-corrected chi connectivity index (χ2v) is 6.12. The fraction of sp³-hybridized carbons (Fsp3) is 0.0909. The Morgan fingerprint density at radius 1 is 0.786 bits per heavy atom. The van der Waals surface area contributed by atoms with E-state index in [1.807, 2.05) is 60.7 Å². The highest BCUT2D eigenvalue weighted by molar-refractivity contribution is 6.01. The molecule has 0 atom stereocenters. The summed E-state index contributed by atoms with van der Waals surface area (Å²) in [6, 6.07) is 24.2. The van der Waals surface area contributed by atoms with Crippen molar-refractivity contribution in [1.82, 2.24) is 10.6 Å². The summed E-state index contributed by atoms with van der Waals surface area (Å²) in [6.07, 6.45) is 0. The summed E-state index contributed by atoms with van der Waals surface area (Å²) in [5.41, 5.74) is 2.00. The van der Waals surface area contributed by atoms with E-state index in [9.17, 15) is 14.0 Å². The summed E-state index contributed by atoms with van der Waals surface area (Å²) in [4.78, 5) is 24.1. The van der Waals surface area contributed by atoms with E-state index < -0.39 is 17.8 Å². The average Bonchev–Trinajstić information content (AvgIpc) is 2.71. The lowest BCUT2D eigenvalue weighted by Gasteiger charge is -2.19. The van der Waals surface area contributed by atoms with Crippen LogP contribution in [0, 0.1) is 5.82 Å². The molecule has 0 spiro atoms. The minimum absolute atomic E-state index is 0.00667. The van der Waals surface area contributed by atoms with Gasteiger partial charge in [-0.2, -0.15) is 0 Å². The Balaban J connectivity index is 1.61. The van der Waals surface area contributed by atoms with Crippen molar-refractivity contribution >= 4 is 17.6 Å². The number of halogens is 1. The second-order valence-electron chi connectivity index (χ2n) is 6.12. The number of rotatable bonds is 6. The van der Waals surface area contributed by atoms with E-state index in [1.54, 1.807) is 6.07 Å². The summed E-state index contributed by atoms with van der Waals surface area (Å²) in [6.45, 7) is -0.0842. The Hall–Kier alpha value is -3.51. The Labute approximate surface area is 162 Å². The largest absolute Gasteiger partial charge is 0.326 e. The van der Waals surface area contributed by atoms with Crippen LogP contribution in [0.4, 0.5) is 14.9 Å². The highest BCUT2D eigenvalue weighted by Gasteiger charge is 2.16. The fourth-order valence-electron chi connectivity index (χ4n) is 2.80. The van der Waals surface area contributed by atoms with Crippen molar-refractivity contribution in [2.24, 2.45) is 0 Å². The minimum atomic E-state index is -0.784. The van der Waals surface area contributed by atoms with Crippen molar-refractivity contribution in [1.29, 1.82) is 0 Å². The molecule has 3 aromatic rings. The van der Waals surface area contributed by atoms with E-state index in [4.69, 9.17) is 0 Å². The number of imide groups is 1. The molecule has 5 nitrogen and oxygen atoms in total. The standard InChI is InChI=1S/C22H20FN3O2/c23-18-13-7-8-14-19(18)25-22(28)26-20(27)15-24-21(16-9-3-1-4-10-16)17-11-5-2-6-12-17/h1-14,21,24H,15H2,(H2,25,26,27,28). The molecular formula is C22H20FN3O2. The van der Waals surface area contributed by atoms with E-state index >= 15 is 0 Å². The van der Waals surface area contributed by atoms with Crippen molar-refractivity contribution < 1.29 is 14.0 Å².